The molecule has 6 nitrogen and oxygen atoms in total. The molecule has 5 aliphatic rings. The number of nitrogens with zero attached hydrogens (tertiary/aromatic N) is 1. The Kier molecular flexibility index (Phi) is 36.0. The van der Waals surface area contributed by atoms with Crippen molar-refractivity contribution in [2.75, 3.05) is 5.33 Å². The number of halogens is 5. The average Bonchev–Trinajstić information content (AvgIpc) is 4.14. The van der Waals surface area contributed by atoms with Gasteiger partial charge in [0.15, 0.2) is 22.1 Å². The van der Waals surface area contributed by atoms with Gasteiger partial charge in [-0.1, -0.05) is 168 Å². The Morgan fingerprint density at radius 2 is 1.15 bits per heavy atom. The van der Waals surface area contributed by atoms with Gasteiger partial charge in [-0.15, -0.1) is 12.4 Å². The van der Waals surface area contributed by atoms with Crippen molar-refractivity contribution < 1.29 is 24.3 Å². The fourth-order valence-electron chi connectivity index (χ4n) is 7.27. The molecule has 5 saturated carbocycles. The average molecular weight is 1220 g/mol. The molecule has 9 rings (SSSR count). The molecule has 17 heteroatoms. The van der Waals surface area contributed by atoms with E-state index in [4.69, 9.17) is 26.6 Å². The van der Waals surface area contributed by atoms with E-state index >= 15 is 0 Å². The van der Waals surface area contributed by atoms with Gasteiger partial charge in [0, 0.05) is 23.7 Å². The molecule has 2 radical (unpaired) electrons. The van der Waals surface area contributed by atoms with Gasteiger partial charge < -0.3 is 36.3 Å². The van der Waals surface area contributed by atoms with Gasteiger partial charge in [0.25, 0.3) is 5.56 Å². The summed E-state index contributed by atoms with van der Waals surface area (Å²) in [5.74, 6) is 0.825. The van der Waals surface area contributed by atoms with Crippen LogP contribution in [0.15, 0.2) is 90.0 Å². The van der Waals surface area contributed by atoms with Crippen LogP contribution < -0.4 is 32.2 Å². The Morgan fingerprint density at radius 1 is 0.735 bits per heavy atom. The third-order valence-electron chi connectivity index (χ3n) is 12.3. The predicted molar refractivity (Wildman–Crippen MR) is 315 cm³/mol. The van der Waals surface area contributed by atoms with Gasteiger partial charge in [-0.2, -0.15) is 32.7 Å². The van der Waals surface area contributed by atoms with Crippen LogP contribution in [0, 0.1) is 40.9 Å². The van der Waals surface area contributed by atoms with Crippen LogP contribution in [-0.4, -0.2) is 104 Å². The molecule has 380 valence electrons. The minimum atomic E-state index is -1.55. The van der Waals surface area contributed by atoms with Crippen molar-refractivity contribution in [3.63, 3.8) is 0 Å². The molecule has 0 bridgehead atoms. The number of aromatic nitrogens is 4. The van der Waals surface area contributed by atoms with Crippen LogP contribution >= 0.6 is 50.5 Å². The molecule has 4 aromatic rings. The summed E-state index contributed by atoms with van der Waals surface area (Å²) in [6.07, 6.45) is 17.3. The summed E-state index contributed by atoms with van der Waals surface area (Å²) in [6, 6.07) is 28.7. The molecule has 2 aromatic heterocycles. The topological polar surface area (TPSA) is 86.6 Å². The van der Waals surface area contributed by atoms with Crippen molar-refractivity contribution >= 4 is 134 Å². The monoisotopic (exact) mass is 1210 g/mol. The first-order valence-electron chi connectivity index (χ1n) is 23.5. The van der Waals surface area contributed by atoms with Gasteiger partial charge >= 0.3 is 46.1 Å². The maximum Gasteiger partial charge on any atom is 2.00 e. The molecule has 2 aromatic carbocycles. The minimum Gasteiger partial charge on any atom is -1.00 e. The number of hydrogen-bond acceptors (Lipinski definition) is 3. The van der Waals surface area contributed by atoms with E-state index in [1.54, 1.807) is 17.6 Å². The number of aryl methyl sites for hydroxylation is 1. The third-order valence-corrected chi connectivity index (χ3v) is 21.8. The number of rotatable bonds is 10. The number of hydrogen-bond donors (Lipinski definition) is 3. The second-order valence-electron chi connectivity index (χ2n) is 22.8. The van der Waals surface area contributed by atoms with E-state index in [0.29, 0.717) is 35.9 Å². The normalized spacial score (nSPS) is 17.7. The van der Waals surface area contributed by atoms with E-state index in [0.717, 1.165) is 5.88 Å². The van der Waals surface area contributed by atoms with Gasteiger partial charge in [-0.25, -0.2) is 5.10 Å². The molecular weight excluding hydrogens is 1130 g/mol. The summed E-state index contributed by atoms with van der Waals surface area (Å²) in [5.41, 5.74) is 4.39. The van der Waals surface area contributed by atoms with Crippen molar-refractivity contribution in [1.29, 1.82) is 0 Å². The van der Waals surface area contributed by atoms with E-state index in [2.05, 4.69) is 167 Å². The molecule has 0 saturated heterocycles. The summed E-state index contributed by atoms with van der Waals surface area (Å²) in [7, 11) is -3.41. The first-order chi connectivity index (χ1) is 29.6. The quantitative estimate of drug-likeness (QED) is 0.0640. The van der Waals surface area contributed by atoms with Gasteiger partial charge in [0.2, 0.25) is 8.32 Å². The van der Waals surface area contributed by atoms with E-state index in [-0.39, 0.29) is 83.9 Å². The fraction of sp³-hybridized carbons (Fsp3) is 0.627. The standard InChI is InChI=1S/C13H20Si.C10H18N2OSi.C7H15ClSi.C7H8.C5H9Br.C5H9.C3H4N2O.CH3ClSi.BrH.ClH.2Mg.2H/c1-13(9-10-13)11-14(2,3)12-7-5-4-6-8-12;1-10(5-6-10)8-14(2,3)13-9-4-7-11-12-9;1-7(4-5-7)6-9(2,3)8;1-7-5-3-2-4-6-7;1-5(4-6)2-3-5;1-5(2)3-4-5;6-3-1-2-4-5-3;1-3-2;;;;;;/h4-8H,9-11H2,1-3H3;4,7H,5-6,8H2,1-3H3,(H,11,12);4-6H2,1-3H3;2-6H,1H3;2-4H2,1H3;1,3-4H2,2H3;1-2H,(H2,4,5,6);1H3;2*1H;;;;/q;;;;;-1;;;;;2*+2;2*-1/p-1. The van der Waals surface area contributed by atoms with Crippen LogP contribution in [-0.2, 0) is 0 Å². The Hall–Kier alpha value is 0.690. The summed E-state index contributed by atoms with van der Waals surface area (Å²) in [6.45, 7) is 33.6. The second-order valence-corrected chi connectivity index (χ2v) is 40.5. The van der Waals surface area contributed by atoms with Gasteiger partial charge in [0.05, 0.1) is 14.3 Å². The van der Waals surface area contributed by atoms with Crippen molar-refractivity contribution in [3.8, 4) is 5.88 Å². The molecule has 5 fully saturated rings. The maximum absolute atomic E-state index is 9.98. The fourth-order valence-corrected chi connectivity index (χ4v) is 18.2. The van der Waals surface area contributed by atoms with E-state index in [1.807, 2.05) is 30.8 Å². The largest absolute Gasteiger partial charge is 2.00 e. The number of benzene rings is 2. The molecular formula is C51H89Br2Cl3Mg2N4O2Si4. The molecule has 0 atom stereocenters. The van der Waals surface area contributed by atoms with Crippen molar-refractivity contribution in [3.05, 3.63) is 108 Å². The predicted octanol–water partition coefficient (Wildman–Crippen LogP) is 12.7. The number of alkyl halides is 1. The Morgan fingerprint density at radius 3 is 1.40 bits per heavy atom. The zero-order valence-corrected chi connectivity index (χ0v) is 56.6. The smallest absolute Gasteiger partial charge is 1.00 e. The Bertz CT molecular complexity index is 1890. The maximum atomic E-state index is 9.98. The summed E-state index contributed by atoms with van der Waals surface area (Å²) in [5, 5.41) is 14.4. The van der Waals surface area contributed by atoms with Crippen molar-refractivity contribution in [1.82, 2.24) is 20.4 Å². The van der Waals surface area contributed by atoms with Gasteiger partial charge in [0.1, 0.15) is 0 Å². The molecule has 2 heterocycles. The van der Waals surface area contributed by atoms with Gasteiger partial charge in [-0.05, 0) is 111 Å². The molecule has 0 amide bonds. The van der Waals surface area contributed by atoms with E-state index in [1.165, 1.54) is 99.3 Å². The summed E-state index contributed by atoms with van der Waals surface area (Å²) >= 11 is 14.7. The number of H-pyrrole nitrogens is 3. The zero-order valence-electron chi connectivity index (χ0n) is 46.3. The van der Waals surface area contributed by atoms with Gasteiger partial charge in [-0.3, -0.25) is 9.89 Å². The first-order valence-corrected chi connectivity index (χ1v) is 37.6. The summed E-state index contributed by atoms with van der Waals surface area (Å²) in [4.78, 5) is 9.98. The van der Waals surface area contributed by atoms with Crippen molar-refractivity contribution in [2.45, 2.75) is 170 Å². The third kappa shape index (κ3) is 37.4. The van der Waals surface area contributed by atoms with Crippen LogP contribution in [0.25, 0.3) is 0 Å². The molecule has 0 spiro atoms. The molecule has 0 unspecified atom stereocenters. The molecule has 5 aliphatic carbocycles. The van der Waals surface area contributed by atoms with Crippen LogP contribution in [0.4, 0.5) is 0 Å². The van der Waals surface area contributed by atoms with E-state index < -0.39 is 23.8 Å². The SMILES string of the molecule is CC1(CBr)CC1.CC1(C[Si](C)(C)Cl)CC1.CC1(C[Si](C)(C)Oc2ccn[nH]2)CC1.CC1(C[Si](C)(C)c2ccccc2)CC1.C[Si]Cl.Cc1ccccc1.Cl.O=c1cc[nH][nH]1.[Br-].[CH2-]C1(C)CC1.[H-].[H-].[Mg+2].[Mg+2]. The van der Waals surface area contributed by atoms with Crippen molar-refractivity contribution in [2.24, 2.45) is 27.1 Å². The van der Waals surface area contributed by atoms with Crippen LogP contribution in [0.5, 0.6) is 5.88 Å². The first kappa shape index (κ1) is 72.9. The molecule has 68 heavy (non-hydrogen) atoms. The van der Waals surface area contributed by atoms with E-state index in [9.17, 15) is 4.79 Å². The Labute approximate surface area is 490 Å². The molecule has 3 N–H and O–H groups in total. The number of aromatic amines is 3. The number of nitrogens with one attached hydrogen (secondary N) is 3. The second kappa shape index (κ2) is 33.6. The minimum absolute atomic E-state index is 0. The zero-order chi connectivity index (χ0) is 48.4. The van der Waals surface area contributed by atoms with Crippen LogP contribution in [0.1, 0.15) is 107 Å². The Balaban J connectivity index is -0.000000236. The summed E-state index contributed by atoms with van der Waals surface area (Å²) < 4.78 is 5.98. The van der Waals surface area contributed by atoms with Crippen LogP contribution in [0.2, 0.25) is 64.0 Å². The molecule has 0 aliphatic heterocycles. The van der Waals surface area contributed by atoms with Crippen LogP contribution in [0.3, 0.4) is 0 Å².